The third-order valence-electron chi connectivity index (χ3n) is 5.46. The Labute approximate surface area is 181 Å². The second kappa shape index (κ2) is 8.52. The fourth-order valence-electron chi connectivity index (χ4n) is 3.91. The Kier molecular flexibility index (Phi) is 5.27. The van der Waals surface area contributed by atoms with Crippen LogP contribution in [0.15, 0.2) is 89.1 Å². The maximum atomic E-state index is 12.9. The van der Waals surface area contributed by atoms with Gasteiger partial charge in [-0.05, 0) is 43.4 Å². The van der Waals surface area contributed by atoms with Crippen LogP contribution in [-0.2, 0) is 4.79 Å². The van der Waals surface area contributed by atoms with Gasteiger partial charge in [-0.15, -0.1) is 10.2 Å². The molecule has 0 saturated carbocycles. The highest BCUT2D eigenvalue weighted by molar-refractivity contribution is 6.17. The van der Waals surface area contributed by atoms with Crippen LogP contribution in [-0.4, -0.2) is 28.0 Å². The second-order valence-electron chi connectivity index (χ2n) is 7.64. The monoisotopic (exact) mass is 409 g/mol. The molecule has 0 bridgehead atoms. The molecule has 154 valence electrons. The maximum Gasteiger partial charge on any atom is 0.269 e. The van der Waals surface area contributed by atoms with E-state index in [-0.39, 0.29) is 5.91 Å². The van der Waals surface area contributed by atoms with Gasteiger partial charge in [-0.2, -0.15) is 0 Å². The van der Waals surface area contributed by atoms with E-state index < -0.39 is 6.17 Å². The number of anilines is 1. The smallest absolute Gasteiger partial charge is 0.269 e. The molecule has 31 heavy (non-hydrogen) atoms. The molecule has 1 amide bonds. The summed E-state index contributed by atoms with van der Waals surface area (Å²) in [6.45, 7) is 0. The van der Waals surface area contributed by atoms with Gasteiger partial charge in [-0.25, -0.2) is 4.99 Å². The third-order valence-corrected chi connectivity index (χ3v) is 5.46. The van der Waals surface area contributed by atoms with Crippen molar-refractivity contribution in [3.63, 3.8) is 0 Å². The summed E-state index contributed by atoms with van der Waals surface area (Å²) in [7, 11) is 0. The van der Waals surface area contributed by atoms with Crippen molar-refractivity contribution in [2.24, 2.45) is 4.99 Å². The van der Waals surface area contributed by atoms with Gasteiger partial charge in [-0.3, -0.25) is 4.79 Å². The Hall–Kier alpha value is -3.80. The molecule has 1 aliphatic heterocycles. The van der Waals surface area contributed by atoms with Gasteiger partial charge in [0, 0.05) is 16.8 Å². The summed E-state index contributed by atoms with van der Waals surface area (Å²) in [6.07, 6.45) is 13.7. The Morgan fingerprint density at radius 1 is 0.903 bits per heavy atom. The molecule has 1 aromatic heterocycles. The molecule has 5 rings (SSSR count). The average molecular weight is 409 g/mol. The molecule has 1 unspecified atom stereocenters. The van der Waals surface area contributed by atoms with Gasteiger partial charge in [0.1, 0.15) is 0 Å². The maximum absolute atomic E-state index is 12.9. The molecular formula is C25H23N5O. The van der Waals surface area contributed by atoms with E-state index in [2.05, 4.69) is 51.2 Å². The standard InChI is InChI=1S/C25H23N5O/c31-25-24(27-22-16-15-20(29-30-22)17-9-3-1-4-10-17)28-23(18-11-5-2-6-12-18)19-13-7-8-14-21(19)26-25/h2-3,5-6,9-16,24H,1,4,7-8H2,(H,26,31)(H,27,30). The lowest BCUT2D eigenvalue weighted by Crippen LogP contribution is -2.37. The van der Waals surface area contributed by atoms with E-state index in [1.54, 1.807) is 0 Å². The second-order valence-corrected chi connectivity index (χ2v) is 7.64. The fraction of sp³-hybridized carbons (Fsp3) is 0.200. The first-order valence-corrected chi connectivity index (χ1v) is 10.6. The number of fused-ring (bicyclic) bond motifs is 1. The Morgan fingerprint density at radius 3 is 2.52 bits per heavy atom. The van der Waals surface area contributed by atoms with Crippen LogP contribution in [0, 0.1) is 0 Å². The molecule has 1 aromatic carbocycles. The van der Waals surface area contributed by atoms with Gasteiger partial charge in [0.2, 0.25) is 6.17 Å². The molecule has 6 nitrogen and oxygen atoms in total. The van der Waals surface area contributed by atoms with Gasteiger partial charge in [0.25, 0.3) is 5.91 Å². The van der Waals surface area contributed by atoms with Gasteiger partial charge >= 0.3 is 0 Å². The minimum Gasteiger partial charge on any atom is -0.339 e. The third kappa shape index (κ3) is 4.10. The number of hydrogen-bond acceptors (Lipinski definition) is 5. The average Bonchev–Trinajstić information content (AvgIpc) is 2.97. The molecule has 2 aliphatic carbocycles. The zero-order chi connectivity index (χ0) is 21.0. The highest BCUT2D eigenvalue weighted by atomic mass is 16.2. The Morgan fingerprint density at radius 2 is 1.74 bits per heavy atom. The van der Waals surface area contributed by atoms with Crippen molar-refractivity contribution < 1.29 is 4.79 Å². The molecule has 2 N–H and O–H groups in total. The molecule has 2 heterocycles. The number of aromatic nitrogens is 2. The molecule has 0 radical (unpaired) electrons. The van der Waals surface area contributed by atoms with Crippen LogP contribution >= 0.6 is 0 Å². The van der Waals surface area contributed by atoms with Crippen molar-refractivity contribution in [2.75, 3.05) is 5.32 Å². The van der Waals surface area contributed by atoms with Crippen LogP contribution in [0.3, 0.4) is 0 Å². The van der Waals surface area contributed by atoms with Crippen LogP contribution in [0.2, 0.25) is 0 Å². The van der Waals surface area contributed by atoms with Gasteiger partial charge in [0.15, 0.2) is 5.82 Å². The minimum atomic E-state index is -0.809. The number of carbonyl (C=O) groups is 1. The summed E-state index contributed by atoms with van der Waals surface area (Å²) in [5.74, 6) is 0.294. The topological polar surface area (TPSA) is 79.3 Å². The van der Waals surface area contributed by atoms with Crippen LogP contribution in [0.5, 0.6) is 0 Å². The minimum absolute atomic E-state index is 0.214. The van der Waals surface area contributed by atoms with Crippen molar-refractivity contribution in [1.29, 1.82) is 0 Å². The number of allylic oxidation sites excluding steroid dienone is 7. The van der Waals surface area contributed by atoms with E-state index in [0.717, 1.165) is 59.5 Å². The van der Waals surface area contributed by atoms with Crippen LogP contribution in [0.25, 0.3) is 5.57 Å². The van der Waals surface area contributed by atoms with E-state index >= 15 is 0 Å². The summed E-state index contributed by atoms with van der Waals surface area (Å²) >= 11 is 0. The summed E-state index contributed by atoms with van der Waals surface area (Å²) in [6, 6.07) is 13.7. The SMILES string of the molecule is O=C1NC2=CCCC=C2C(c2ccccc2)=NC1Nc1ccc(C2=CCCC=C2)nn1. The van der Waals surface area contributed by atoms with Crippen molar-refractivity contribution in [3.8, 4) is 0 Å². The summed E-state index contributed by atoms with van der Waals surface area (Å²) in [4.78, 5) is 17.8. The Balaban J connectivity index is 1.45. The van der Waals surface area contributed by atoms with E-state index in [1.807, 2.05) is 42.5 Å². The predicted octanol–water partition coefficient (Wildman–Crippen LogP) is 4.17. The van der Waals surface area contributed by atoms with Crippen molar-refractivity contribution in [3.05, 3.63) is 95.4 Å². The van der Waals surface area contributed by atoms with E-state index in [1.165, 1.54) is 0 Å². The number of amides is 1. The predicted molar refractivity (Wildman–Crippen MR) is 122 cm³/mol. The first-order chi connectivity index (χ1) is 15.3. The quantitative estimate of drug-likeness (QED) is 0.794. The molecule has 6 heteroatoms. The van der Waals surface area contributed by atoms with Crippen molar-refractivity contribution >= 4 is 23.0 Å². The lowest BCUT2D eigenvalue weighted by atomic mass is 9.95. The number of nitrogens with zero attached hydrogens (tertiary/aromatic N) is 3. The van der Waals surface area contributed by atoms with Gasteiger partial charge < -0.3 is 10.6 Å². The molecule has 0 saturated heterocycles. The van der Waals surface area contributed by atoms with Gasteiger partial charge in [0.05, 0.1) is 11.4 Å². The fourth-order valence-corrected chi connectivity index (χ4v) is 3.91. The highest BCUT2D eigenvalue weighted by Gasteiger charge is 2.28. The number of hydrogen-bond donors (Lipinski definition) is 2. The molecular weight excluding hydrogens is 386 g/mol. The lowest BCUT2D eigenvalue weighted by molar-refractivity contribution is -0.120. The number of aliphatic imine (C=N–C) groups is 1. The van der Waals surface area contributed by atoms with E-state index in [0.29, 0.717) is 5.82 Å². The van der Waals surface area contributed by atoms with Crippen LogP contribution in [0.1, 0.15) is 36.9 Å². The first-order valence-electron chi connectivity index (χ1n) is 10.6. The number of benzene rings is 1. The summed E-state index contributed by atoms with van der Waals surface area (Å²) < 4.78 is 0. The van der Waals surface area contributed by atoms with Gasteiger partial charge in [-0.1, -0.05) is 60.7 Å². The molecule has 0 spiro atoms. The largest absolute Gasteiger partial charge is 0.339 e. The number of rotatable bonds is 4. The van der Waals surface area contributed by atoms with Crippen molar-refractivity contribution in [1.82, 2.24) is 15.5 Å². The molecule has 1 atom stereocenters. The highest BCUT2D eigenvalue weighted by Crippen LogP contribution is 2.25. The van der Waals surface area contributed by atoms with Crippen LogP contribution < -0.4 is 10.6 Å². The lowest BCUT2D eigenvalue weighted by Gasteiger charge is -2.16. The zero-order valence-corrected chi connectivity index (χ0v) is 17.1. The molecule has 3 aliphatic rings. The van der Waals surface area contributed by atoms with Crippen molar-refractivity contribution in [2.45, 2.75) is 31.8 Å². The molecule has 0 fully saturated rings. The van der Waals surface area contributed by atoms with Crippen LogP contribution in [0.4, 0.5) is 5.82 Å². The first kappa shape index (κ1) is 19.2. The molecule has 2 aromatic rings. The number of carbonyl (C=O) groups excluding carboxylic acids is 1. The zero-order valence-electron chi connectivity index (χ0n) is 17.1. The summed E-state index contributed by atoms with van der Waals surface area (Å²) in [5.41, 5.74) is 5.45. The van der Waals surface area contributed by atoms with E-state index in [9.17, 15) is 4.79 Å². The Bertz CT molecular complexity index is 1140. The normalized spacial score (nSPS) is 20.4. The summed E-state index contributed by atoms with van der Waals surface area (Å²) in [5, 5.41) is 14.8. The van der Waals surface area contributed by atoms with E-state index in [4.69, 9.17) is 4.99 Å². The number of nitrogens with one attached hydrogen (secondary N) is 2.